The number of fused-ring (bicyclic) bond motifs is 1. The Bertz CT molecular complexity index is 1770. The number of carbonyl (C=O) groups is 2. The highest BCUT2D eigenvalue weighted by Crippen LogP contribution is 2.32. The molecule has 43 heavy (non-hydrogen) atoms. The molecule has 1 aliphatic heterocycles. The van der Waals surface area contributed by atoms with Gasteiger partial charge in [-0.3, -0.25) is 14.6 Å². The average molecular weight is 613 g/mol. The lowest BCUT2D eigenvalue weighted by molar-refractivity contribution is -0.130. The lowest BCUT2D eigenvalue weighted by Crippen LogP contribution is -2.48. The van der Waals surface area contributed by atoms with Crippen LogP contribution in [-0.2, 0) is 10.0 Å². The minimum Gasteiger partial charge on any atom is -0.506 e. The lowest BCUT2D eigenvalue weighted by atomic mass is 9.95. The SMILES string of the molecule is O=C(NS(=O)(=O)CCC(F)(F)F)c1ccc(N2CCN(C(=O)c3ccc(-c4cncc(O)c4)c4ccccc34)CC2)cc1. The molecule has 224 valence electrons. The third kappa shape index (κ3) is 7.05. The highest BCUT2D eigenvalue weighted by Gasteiger charge is 2.31. The van der Waals surface area contributed by atoms with Gasteiger partial charge in [0, 0.05) is 54.8 Å². The van der Waals surface area contributed by atoms with Crippen molar-refractivity contribution in [2.24, 2.45) is 0 Å². The van der Waals surface area contributed by atoms with Gasteiger partial charge >= 0.3 is 6.18 Å². The van der Waals surface area contributed by atoms with Crippen molar-refractivity contribution in [1.82, 2.24) is 14.6 Å². The van der Waals surface area contributed by atoms with Gasteiger partial charge in [0.1, 0.15) is 5.75 Å². The predicted octanol–water partition coefficient (Wildman–Crippen LogP) is 4.58. The molecule has 1 fully saturated rings. The van der Waals surface area contributed by atoms with Gasteiger partial charge in [-0.2, -0.15) is 13.2 Å². The Morgan fingerprint density at radius 3 is 2.23 bits per heavy atom. The highest BCUT2D eigenvalue weighted by atomic mass is 32.2. The summed E-state index contributed by atoms with van der Waals surface area (Å²) in [7, 11) is -4.44. The lowest BCUT2D eigenvalue weighted by Gasteiger charge is -2.36. The number of hydrogen-bond acceptors (Lipinski definition) is 7. The second-order valence-corrected chi connectivity index (χ2v) is 11.9. The van der Waals surface area contributed by atoms with E-state index in [0.29, 0.717) is 31.7 Å². The van der Waals surface area contributed by atoms with Crippen molar-refractivity contribution in [2.75, 3.05) is 36.8 Å². The van der Waals surface area contributed by atoms with Crippen molar-refractivity contribution in [2.45, 2.75) is 12.6 Å². The summed E-state index contributed by atoms with van der Waals surface area (Å²) in [6.07, 6.45) is -3.20. The molecule has 1 aromatic heterocycles. The molecule has 0 radical (unpaired) electrons. The quantitative estimate of drug-likeness (QED) is 0.314. The number of amides is 2. The van der Waals surface area contributed by atoms with Gasteiger partial charge in [-0.15, -0.1) is 0 Å². The van der Waals surface area contributed by atoms with Crippen molar-refractivity contribution in [1.29, 1.82) is 0 Å². The monoisotopic (exact) mass is 612 g/mol. The number of hydrogen-bond donors (Lipinski definition) is 2. The summed E-state index contributed by atoms with van der Waals surface area (Å²) in [5, 5.41) is 11.5. The van der Waals surface area contributed by atoms with Gasteiger partial charge in [0.25, 0.3) is 11.8 Å². The number of nitrogens with one attached hydrogen (secondary N) is 1. The molecule has 0 unspecified atom stereocenters. The first-order valence-corrected chi connectivity index (χ1v) is 15.0. The molecule has 0 atom stereocenters. The molecule has 2 amide bonds. The van der Waals surface area contributed by atoms with E-state index in [-0.39, 0.29) is 17.2 Å². The number of sulfonamides is 1. The number of anilines is 1. The van der Waals surface area contributed by atoms with Crippen molar-refractivity contribution < 1.29 is 36.3 Å². The average Bonchev–Trinajstić information content (AvgIpc) is 2.99. The molecule has 2 heterocycles. The molecular weight excluding hydrogens is 585 g/mol. The van der Waals surface area contributed by atoms with Gasteiger partial charge < -0.3 is 14.9 Å². The summed E-state index contributed by atoms with van der Waals surface area (Å²) in [6, 6.07) is 18.9. The number of aromatic nitrogens is 1. The van der Waals surface area contributed by atoms with Crippen LogP contribution in [0.2, 0.25) is 0 Å². The fourth-order valence-corrected chi connectivity index (χ4v) is 5.98. The molecule has 0 bridgehead atoms. The van der Waals surface area contributed by atoms with Crippen molar-refractivity contribution in [3.8, 4) is 16.9 Å². The van der Waals surface area contributed by atoms with Crippen LogP contribution in [0.1, 0.15) is 27.1 Å². The second kappa shape index (κ2) is 11.9. The Labute approximate surface area is 245 Å². The fraction of sp³-hybridized carbons (Fsp3) is 0.233. The normalized spacial score (nSPS) is 14.1. The topological polar surface area (TPSA) is 120 Å². The maximum Gasteiger partial charge on any atom is 0.390 e. The third-order valence-corrected chi connectivity index (χ3v) is 8.39. The number of alkyl halides is 3. The van der Waals surface area contributed by atoms with Crippen molar-refractivity contribution in [3.05, 3.63) is 90.3 Å². The Morgan fingerprint density at radius 1 is 0.907 bits per heavy atom. The molecule has 3 aromatic carbocycles. The molecule has 4 aromatic rings. The predicted molar refractivity (Wildman–Crippen MR) is 155 cm³/mol. The Hall–Kier alpha value is -4.65. The van der Waals surface area contributed by atoms with Crippen LogP contribution in [0.4, 0.5) is 18.9 Å². The Balaban J connectivity index is 1.23. The zero-order valence-corrected chi connectivity index (χ0v) is 23.5. The zero-order chi connectivity index (χ0) is 30.8. The number of benzene rings is 3. The molecule has 0 spiro atoms. The van der Waals surface area contributed by atoms with Crippen LogP contribution in [0.15, 0.2) is 79.1 Å². The van der Waals surface area contributed by atoms with Crippen LogP contribution in [0.5, 0.6) is 5.75 Å². The van der Waals surface area contributed by atoms with Crippen molar-refractivity contribution in [3.63, 3.8) is 0 Å². The van der Waals surface area contributed by atoms with E-state index in [2.05, 4.69) is 4.98 Å². The molecular formula is C30H27F3N4O5S. The molecule has 2 N–H and O–H groups in total. The number of nitrogens with zero attached hydrogens (tertiary/aromatic N) is 3. The van der Waals surface area contributed by atoms with E-state index in [4.69, 9.17) is 0 Å². The highest BCUT2D eigenvalue weighted by molar-refractivity contribution is 7.90. The molecule has 1 saturated heterocycles. The van der Waals surface area contributed by atoms with Gasteiger partial charge in [-0.1, -0.05) is 30.3 Å². The third-order valence-electron chi connectivity index (χ3n) is 7.15. The number of piperazine rings is 1. The molecule has 13 heteroatoms. The van der Waals surface area contributed by atoms with Crippen LogP contribution in [0.3, 0.4) is 0 Å². The van der Waals surface area contributed by atoms with Gasteiger partial charge in [-0.05, 0) is 52.7 Å². The van der Waals surface area contributed by atoms with Crippen molar-refractivity contribution >= 4 is 38.3 Å². The number of pyridine rings is 1. The summed E-state index contributed by atoms with van der Waals surface area (Å²) < 4.78 is 62.4. The Kier molecular flexibility index (Phi) is 8.27. The van der Waals surface area contributed by atoms with Crippen LogP contribution >= 0.6 is 0 Å². The van der Waals surface area contributed by atoms with Crippen LogP contribution in [0.25, 0.3) is 21.9 Å². The summed E-state index contributed by atoms with van der Waals surface area (Å²) >= 11 is 0. The van der Waals surface area contributed by atoms with E-state index in [9.17, 15) is 36.3 Å². The zero-order valence-electron chi connectivity index (χ0n) is 22.7. The number of aromatic hydroxyl groups is 1. The van der Waals surface area contributed by atoms with Gasteiger partial charge in [0.2, 0.25) is 10.0 Å². The summed E-state index contributed by atoms with van der Waals surface area (Å²) in [5.74, 6) is -2.32. The molecule has 1 aliphatic rings. The number of halogens is 3. The van der Waals surface area contributed by atoms with E-state index >= 15 is 0 Å². The maximum absolute atomic E-state index is 13.6. The van der Waals surface area contributed by atoms with Crippen LogP contribution < -0.4 is 9.62 Å². The molecule has 0 saturated carbocycles. The van der Waals surface area contributed by atoms with Crippen LogP contribution in [-0.4, -0.2) is 73.3 Å². The minimum atomic E-state index is -4.65. The minimum absolute atomic E-state index is 0.00929. The van der Waals surface area contributed by atoms with Gasteiger partial charge in [-0.25, -0.2) is 13.1 Å². The van der Waals surface area contributed by atoms with E-state index in [1.165, 1.54) is 18.3 Å². The number of carbonyl (C=O) groups excluding carboxylic acids is 2. The molecule has 0 aliphatic carbocycles. The number of rotatable bonds is 7. The first-order chi connectivity index (χ1) is 20.4. The maximum atomic E-state index is 13.6. The molecule has 9 nitrogen and oxygen atoms in total. The van der Waals surface area contributed by atoms with Crippen LogP contribution in [0, 0.1) is 0 Å². The standard InChI is InChI=1S/C30H27F3N4O5S/c31-30(32,33)11-16-43(41,42)35-28(39)20-5-7-22(8-6-20)36-12-14-37(15-13-36)29(40)27-10-9-24(21-17-23(38)19-34-18-21)25-3-1-2-4-26(25)27/h1-10,17-19,38H,11-16H2,(H,35,39). The van der Waals surface area contributed by atoms with Gasteiger partial charge in [0.05, 0.1) is 18.4 Å². The molecule has 5 rings (SSSR count). The smallest absolute Gasteiger partial charge is 0.390 e. The van der Waals surface area contributed by atoms with E-state index in [0.717, 1.165) is 27.6 Å². The summed E-state index contributed by atoms with van der Waals surface area (Å²) in [4.78, 5) is 33.7. The van der Waals surface area contributed by atoms with E-state index in [1.54, 1.807) is 40.1 Å². The largest absolute Gasteiger partial charge is 0.506 e. The first-order valence-electron chi connectivity index (χ1n) is 13.3. The first kappa shape index (κ1) is 29.8. The fourth-order valence-electron chi connectivity index (χ4n) is 4.98. The second-order valence-electron chi connectivity index (χ2n) is 10.1. The van der Waals surface area contributed by atoms with E-state index < -0.39 is 34.3 Å². The summed E-state index contributed by atoms with van der Waals surface area (Å²) in [5.41, 5.74) is 2.87. The summed E-state index contributed by atoms with van der Waals surface area (Å²) in [6.45, 7) is 1.89. The Morgan fingerprint density at radius 2 is 1.58 bits per heavy atom. The van der Waals surface area contributed by atoms with Gasteiger partial charge in [0.15, 0.2) is 0 Å². The van der Waals surface area contributed by atoms with E-state index in [1.807, 2.05) is 35.2 Å².